The third kappa shape index (κ3) is 9.74. The number of carbonyl (C=O) groups is 1. The van der Waals surface area contributed by atoms with E-state index in [0.29, 0.717) is 43.7 Å². The molecule has 0 bridgehead atoms. The van der Waals surface area contributed by atoms with Gasteiger partial charge in [0, 0.05) is 56.7 Å². The molecule has 252 valence electrons. The van der Waals surface area contributed by atoms with E-state index in [-0.39, 0.29) is 11.7 Å². The highest BCUT2D eigenvalue weighted by Crippen LogP contribution is 2.30. The topological polar surface area (TPSA) is 77.0 Å². The van der Waals surface area contributed by atoms with Gasteiger partial charge in [-0.2, -0.15) is 0 Å². The monoisotopic (exact) mass is 678 g/mol. The van der Waals surface area contributed by atoms with Gasteiger partial charge in [-0.3, -0.25) is 9.69 Å². The summed E-state index contributed by atoms with van der Waals surface area (Å²) in [5, 5.41) is 1.95. The van der Waals surface area contributed by atoms with Crippen LogP contribution in [0.2, 0.25) is 0 Å². The summed E-state index contributed by atoms with van der Waals surface area (Å²) in [4.78, 5) is 25.9. The average Bonchev–Trinajstić information content (AvgIpc) is 3.64. The molecule has 3 aromatic carbocycles. The Bertz CT molecular complexity index is 1820. The predicted octanol–water partition coefficient (Wildman–Crippen LogP) is 7.64. The maximum Gasteiger partial charge on any atom is 0.246 e. The van der Waals surface area contributed by atoms with Gasteiger partial charge in [0.25, 0.3) is 0 Å². The number of hydrogen-bond acceptors (Lipinski definition) is 8. The minimum atomic E-state index is -0.268. The van der Waals surface area contributed by atoms with Crippen molar-refractivity contribution in [1.29, 1.82) is 0 Å². The molecule has 0 spiro atoms. The van der Waals surface area contributed by atoms with Gasteiger partial charge in [0.05, 0.1) is 24.0 Å². The van der Waals surface area contributed by atoms with Crippen LogP contribution in [0.3, 0.4) is 0 Å². The lowest BCUT2D eigenvalue weighted by atomic mass is 10.1. The molecule has 10 heteroatoms. The van der Waals surface area contributed by atoms with E-state index in [1.807, 2.05) is 48.4 Å². The number of thiazole rings is 1. The van der Waals surface area contributed by atoms with Crippen molar-refractivity contribution in [2.75, 3.05) is 32.8 Å². The summed E-state index contributed by atoms with van der Waals surface area (Å²) in [7, 11) is 0. The van der Waals surface area contributed by atoms with Crippen LogP contribution >= 0.6 is 11.3 Å². The summed E-state index contributed by atoms with van der Waals surface area (Å²) in [5.74, 6) is 2.29. The minimum absolute atomic E-state index is 0.0174. The summed E-state index contributed by atoms with van der Waals surface area (Å²) >= 11 is 1.54. The van der Waals surface area contributed by atoms with Gasteiger partial charge in [0.15, 0.2) is 0 Å². The normalized spacial score (nSPS) is 13.5. The zero-order valence-corrected chi connectivity index (χ0v) is 28.5. The molecule has 6 rings (SSSR count). The molecule has 5 aromatic rings. The lowest BCUT2D eigenvalue weighted by Gasteiger charge is -2.34. The molecule has 0 aliphatic carbocycles. The molecule has 1 saturated heterocycles. The van der Waals surface area contributed by atoms with Crippen molar-refractivity contribution < 1.29 is 23.4 Å². The fourth-order valence-electron chi connectivity index (χ4n) is 5.61. The number of nitrogens with zero attached hydrogens (tertiary/aromatic N) is 4. The number of rotatable bonds is 13. The maximum atomic E-state index is 13.1. The molecule has 1 amide bonds. The fraction of sp³-hybridized carbons (Fsp3) is 0.256. The lowest BCUT2D eigenvalue weighted by Crippen LogP contribution is -2.47. The number of piperazine rings is 1. The quantitative estimate of drug-likeness (QED) is 0.119. The molecule has 8 nitrogen and oxygen atoms in total. The van der Waals surface area contributed by atoms with Crippen LogP contribution in [0, 0.1) is 19.7 Å². The standard InChI is InChI=1S/C39H39FN4O4S/c1-28-21-32(22-29(2)39(28)48-37-13-12-36(23-41-37)47-25-34-26-49-27-42-34)7-14-38(45)44-18-16-43(17-19-44)24-31-5-3-30(4-6-31)15-20-46-35-10-8-33(40)9-11-35/h3-14,21-23,26-27H,15-20,24-25H2,1-2H3/b14-7+. The van der Waals surface area contributed by atoms with Gasteiger partial charge >= 0.3 is 0 Å². The van der Waals surface area contributed by atoms with Gasteiger partial charge in [-0.15, -0.1) is 11.3 Å². The molecular formula is C39H39FN4O4S. The Hall–Kier alpha value is -5.06. The van der Waals surface area contributed by atoms with E-state index >= 15 is 0 Å². The smallest absolute Gasteiger partial charge is 0.246 e. The van der Waals surface area contributed by atoms with E-state index in [2.05, 4.69) is 39.1 Å². The van der Waals surface area contributed by atoms with Crippen LogP contribution in [0.5, 0.6) is 23.1 Å². The van der Waals surface area contributed by atoms with Gasteiger partial charge in [-0.25, -0.2) is 14.4 Å². The number of amides is 1. The number of ether oxygens (including phenoxy) is 3. The van der Waals surface area contributed by atoms with Crippen LogP contribution in [0.15, 0.2) is 96.0 Å². The van der Waals surface area contributed by atoms with Crippen LogP contribution in [-0.4, -0.2) is 58.5 Å². The molecule has 3 heterocycles. The molecular weight excluding hydrogens is 640 g/mol. The Morgan fingerprint density at radius 1 is 0.878 bits per heavy atom. The second kappa shape index (κ2) is 16.4. The first-order valence-corrected chi connectivity index (χ1v) is 17.2. The Labute approximate surface area is 290 Å². The Kier molecular flexibility index (Phi) is 11.3. The molecule has 1 aliphatic rings. The third-order valence-corrected chi connectivity index (χ3v) is 8.91. The predicted molar refractivity (Wildman–Crippen MR) is 190 cm³/mol. The largest absolute Gasteiger partial charge is 0.493 e. The third-order valence-electron chi connectivity index (χ3n) is 8.27. The SMILES string of the molecule is Cc1cc(/C=C/C(=O)N2CCN(Cc3ccc(CCOc4ccc(F)cc4)cc3)CC2)cc(C)c1Oc1ccc(OCc2cscn2)cn1. The van der Waals surface area contributed by atoms with Gasteiger partial charge in [0.1, 0.15) is 29.7 Å². The highest BCUT2D eigenvalue weighted by molar-refractivity contribution is 7.07. The van der Waals surface area contributed by atoms with Crippen molar-refractivity contribution in [1.82, 2.24) is 19.8 Å². The number of pyridine rings is 1. The van der Waals surface area contributed by atoms with Crippen LogP contribution in [0.4, 0.5) is 4.39 Å². The van der Waals surface area contributed by atoms with E-state index in [9.17, 15) is 9.18 Å². The van der Waals surface area contributed by atoms with Crippen LogP contribution in [0.1, 0.15) is 33.5 Å². The van der Waals surface area contributed by atoms with Crippen LogP contribution in [-0.2, 0) is 24.4 Å². The van der Waals surface area contributed by atoms with E-state index < -0.39 is 0 Å². The summed E-state index contributed by atoms with van der Waals surface area (Å²) in [5.41, 5.74) is 7.95. The Morgan fingerprint density at radius 2 is 1.59 bits per heavy atom. The fourth-order valence-corrected chi connectivity index (χ4v) is 6.15. The van der Waals surface area contributed by atoms with Crippen LogP contribution in [0.25, 0.3) is 6.08 Å². The molecule has 1 fully saturated rings. The van der Waals surface area contributed by atoms with Crippen molar-refractivity contribution in [3.63, 3.8) is 0 Å². The molecule has 0 atom stereocenters. The highest BCUT2D eigenvalue weighted by atomic mass is 32.1. The van der Waals surface area contributed by atoms with Gasteiger partial charge in [-0.1, -0.05) is 24.3 Å². The first-order valence-electron chi connectivity index (χ1n) is 16.3. The van der Waals surface area contributed by atoms with E-state index in [1.54, 1.807) is 36.0 Å². The van der Waals surface area contributed by atoms with Gasteiger partial charge in [-0.05, 0) is 90.2 Å². The summed E-state index contributed by atoms with van der Waals surface area (Å²) in [6.45, 7) is 8.78. The zero-order valence-electron chi connectivity index (χ0n) is 27.7. The van der Waals surface area contributed by atoms with Crippen molar-refractivity contribution in [2.45, 2.75) is 33.4 Å². The van der Waals surface area contributed by atoms with Crippen molar-refractivity contribution in [2.24, 2.45) is 0 Å². The second-order valence-electron chi connectivity index (χ2n) is 12.0. The molecule has 0 radical (unpaired) electrons. The first kappa shape index (κ1) is 33.8. The molecule has 0 unspecified atom stereocenters. The average molecular weight is 679 g/mol. The Balaban J connectivity index is 0.933. The molecule has 0 saturated carbocycles. The van der Waals surface area contributed by atoms with Crippen molar-refractivity contribution in [3.8, 4) is 23.1 Å². The number of aromatic nitrogens is 2. The number of hydrogen-bond donors (Lipinski definition) is 0. The zero-order chi connectivity index (χ0) is 34.0. The summed E-state index contributed by atoms with van der Waals surface area (Å²) in [6.07, 6.45) is 5.96. The number of halogens is 1. The van der Waals surface area contributed by atoms with Crippen LogP contribution < -0.4 is 14.2 Å². The lowest BCUT2D eigenvalue weighted by molar-refractivity contribution is -0.127. The minimum Gasteiger partial charge on any atom is -0.493 e. The number of aryl methyl sites for hydroxylation is 2. The number of carbonyl (C=O) groups excluding carboxylic acids is 1. The summed E-state index contributed by atoms with van der Waals surface area (Å²) in [6, 6.07) is 22.3. The van der Waals surface area contributed by atoms with Crippen molar-refractivity contribution in [3.05, 3.63) is 135 Å². The van der Waals surface area contributed by atoms with Gasteiger partial charge < -0.3 is 19.1 Å². The molecule has 1 aliphatic heterocycles. The molecule has 2 aromatic heterocycles. The first-order chi connectivity index (χ1) is 23.9. The van der Waals surface area contributed by atoms with E-state index in [0.717, 1.165) is 54.2 Å². The van der Waals surface area contributed by atoms with Gasteiger partial charge in [0.2, 0.25) is 11.8 Å². The Morgan fingerprint density at radius 3 is 2.27 bits per heavy atom. The van der Waals surface area contributed by atoms with E-state index in [4.69, 9.17) is 14.2 Å². The number of benzene rings is 3. The van der Waals surface area contributed by atoms with Crippen molar-refractivity contribution >= 4 is 23.3 Å². The second-order valence-corrected chi connectivity index (χ2v) is 12.7. The van der Waals surface area contributed by atoms with E-state index in [1.165, 1.54) is 34.6 Å². The molecule has 0 N–H and O–H groups in total. The highest BCUT2D eigenvalue weighted by Gasteiger charge is 2.20. The molecule has 49 heavy (non-hydrogen) atoms. The maximum absolute atomic E-state index is 13.1. The summed E-state index contributed by atoms with van der Waals surface area (Å²) < 4.78 is 30.6.